The van der Waals surface area contributed by atoms with Crippen molar-refractivity contribution in [1.82, 2.24) is 20.1 Å². The lowest BCUT2D eigenvalue weighted by Crippen LogP contribution is -2.44. The number of aromatic nitrogens is 3. The average Bonchev–Trinajstić information content (AvgIpc) is 3.37. The Morgan fingerprint density at radius 2 is 1.79 bits per heavy atom. The number of nitrogens with zero attached hydrogens (tertiary/aromatic N) is 4. The molecule has 1 aliphatic heterocycles. The van der Waals surface area contributed by atoms with Crippen LogP contribution in [0.5, 0.6) is 0 Å². The quantitative estimate of drug-likeness (QED) is 0.475. The number of hydrogen-bond acceptors (Lipinski definition) is 5. The van der Waals surface area contributed by atoms with Gasteiger partial charge in [-0.1, -0.05) is 6.07 Å². The van der Waals surface area contributed by atoms with Gasteiger partial charge in [0.2, 0.25) is 0 Å². The van der Waals surface area contributed by atoms with E-state index in [-0.39, 0.29) is 22.7 Å². The van der Waals surface area contributed by atoms with Gasteiger partial charge in [-0.25, -0.2) is 13.2 Å². The van der Waals surface area contributed by atoms with Crippen LogP contribution < -0.4 is 5.32 Å². The Labute approximate surface area is 191 Å². The molecule has 0 radical (unpaired) electrons. The van der Waals surface area contributed by atoms with Crippen LogP contribution >= 0.6 is 0 Å². The van der Waals surface area contributed by atoms with Crippen LogP contribution in [0.1, 0.15) is 25.5 Å². The maximum absolute atomic E-state index is 14.0. The number of anilines is 1. The fourth-order valence-electron chi connectivity index (χ4n) is 5.27. The first-order valence-electron chi connectivity index (χ1n) is 11.2. The molecule has 2 aromatic heterocycles. The Bertz CT molecular complexity index is 1130. The molecule has 2 aliphatic rings. The largest absolute Gasteiger partial charge is 0.366 e. The molecular weight excluding hydrogens is 426 g/mol. The summed E-state index contributed by atoms with van der Waals surface area (Å²) in [7, 11) is 2.23. The van der Waals surface area contributed by atoms with Crippen molar-refractivity contribution in [2.45, 2.75) is 31.2 Å². The number of pyridine rings is 1. The van der Waals surface area contributed by atoms with Crippen LogP contribution in [0.2, 0.25) is 0 Å². The van der Waals surface area contributed by atoms with Crippen molar-refractivity contribution >= 4 is 13.7 Å². The average molecular weight is 451 g/mol. The first-order chi connectivity index (χ1) is 15.8. The number of halogens is 3. The van der Waals surface area contributed by atoms with E-state index < -0.39 is 17.5 Å². The Morgan fingerprint density at radius 3 is 2.42 bits per heavy atom. The van der Waals surface area contributed by atoms with Crippen molar-refractivity contribution in [1.29, 1.82) is 0 Å². The first-order valence-corrected chi connectivity index (χ1v) is 11.2. The molecule has 0 bridgehead atoms. The maximum Gasteiger partial charge on any atom is 0.168 e. The van der Waals surface area contributed by atoms with Crippen molar-refractivity contribution in [3.63, 3.8) is 0 Å². The molecule has 4 atom stereocenters. The van der Waals surface area contributed by atoms with Crippen molar-refractivity contribution < 1.29 is 13.2 Å². The summed E-state index contributed by atoms with van der Waals surface area (Å²) in [6, 6.07) is 11.0. The molecule has 9 heteroatoms. The van der Waals surface area contributed by atoms with Crippen LogP contribution in [-0.4, -0.2) is 47.1 Å². The van der Waals surface area contributed by atoms with Gasteiger partial charge in [0.25, 0.3) is 0 Å². The minimum atomic E-state index is -1.24. The third kappa shape index (κ3) is 4.22. The highest BCUT2D eigenvalue weighted by Crippen LogP contribution is 2.42. The predicted molar refractivity (Wildman–Crippen MR) is 123 cm³/mol. The zero-order valence-electron chi connectivity index (χ0n) is 18.6. The molecule has 3 aromatic rings. The Hall–Kier alpha value is -2.94. The van der Waals surface area contributed by atoms with E-state index in [9.17, 15) is 13.2 Å². The molecule has 5 rings (SSSR count). The smallest absolute Gasteiger partial charge is 0.168 e. The summed E-state index contributed by atoms with van der Waals surface area (Å²) in [6.07, 6.45) is 3.92. The van der Waals surface area contributed by atoms with Gasteiger partial charge in [-0.15, -0.1) is 10.2 Å². The molecular formula is C24H25BF3N5. The standard InChI is InChI=1S/C24H25BF3N5/c1-24(25,21-4-2-3-7-29-21)33-12-14-8-17(9-15(14)13-33)30-22-6-5-20(31-32-22)18-10-16(26)11-19(27)23(18)28/h2-7,10-11,14-15,17H,8-9,12-13,25H2,1H3,(H,30,32)/t14-,15+,17+,24?. The second-order valence-electron chi connectivity index (χ2n) is 9.56. The summed E-state index contributed by atoms with van der Waals surface area (Å²) in [5, 5.41) is 11.5. The fraction of sp³-hybridized carbons (Fsp3) is 0.375. The number of benzene rings is 1. The Balaban J connectivity index is 1.21. The highest BCUT2D eigenvalue weighted by Gasteiger charge is 2.45. The molecule has 1 saturated heterocycles. The normalized spacial score (nSPS) is 24.4. The van der Waals surface area contributed by atoms with Gasteiger partial charge in [-0.3, -0.25) is 9.88 Å². The van der Waals surface area contributed by atoms with E-state index >= 15 is 0 Å². The molecule has 0 spiro atoms. The first kappa shape index (κ1) is 21.9. The molecule has 3 heterocycles. The summed E-state index contributed by atoms with van der Waals surface area (Å²) in [5.74, 6) is -1.46. The van der Waals surface area contributed by atoms with Crippen LogP contribution in [0.15, 0.2) is 48.7 Å². The number of nitrogens with one attached hydrogen (secondary N) is 1. The van der Waals surface area contributed by atoms with E-state index in [0.29, 0.717) is 23.7 Å². The second kappa shape index (κ2) is 8.45. The fourth-order valence-corrected chi connectivity index (χ4v) is 5.27. The minimum absolute atomic E-state index is 0.0899. The lowest BCUT2D eigenvalue weighted by molar-refractivity contribution is 0.197. The Kier molecular flexibility index (Phi) is 5.60. The molecule has 2 fully saturated rings. The van der Waals surface area contributed by atoms with Crippen molar-refractivity contribution in [3.8, 4) is 11.3 Å². The molecule has 1 unspecified atom stereocenters. The van der Waals surface area contributed by atoms with Gasteiger partial charge in [-0.05, 0) is 61.9 Å². The third-order valence-corrected chi connectivity index (χ3v) is 7.12. The summed E-state index contributed by atoms with van der Waals surface area (Å²) in [5.41, 5.74) is 0.830. The molecule has 33 heavy (non-hydrogen) atoms. The minimum Gasteiger partial charge on any atom is -0.366 e. The third-order valence-electron chi connectivity index (χ3n) is 7.12. The monoisotopic (exact) mass is 451 g/mol. The van der Waals surface area contributed by atoms with Gasteiger partial charge in [0.1, 0.15) is 19.5 Å². The van der Waals surface area contributed by atoms with Crippen LogP contribution in [0, 0.1) is 29.3 Å². The van der Waals surface area contributed by atoms with Gasteiger partial charge in [0.05, 0.1) is 11.4 Å². The lowest BCUT2D eigenvalue weighted by atomic mass is 9.75. The number of rotatable bonds is 5. The topological polar surface area (TPSA) is 53.9 Å². The van der Waals surface area contributed by atoms with Gasteiger partial charge < -0.3 is 5.32 Å². The second-order valence-corrected chi connectivity index (χ2v) is 9.56. The van der Waals surface area contributed by atoms with E-state index in [2.05, 4.69) is 46.2 Å². The van der Waals surface area contributed by atoms with Gasteiger partial charge in [-0.2, -0.15) is 0 Å². The van der Waals surface area contributed by atoms with Gasteiger partial charge in [0.15, 0.2) is 11.6 Å². The molecule has 0 amide bonds. The maximum atomic E-state index is 14.0. The van der Waals surface area contributed by atoms with Crippen LogP contribution in [0.25, 0.3) is 11.3 Å². The predicted octanol–water partition coefficient (Wildman–Crippen LogP) is 3.58. The molecule has 1 aliphatic carbocycles. The highest BCUT2D eigenvalue weighted by molar-refractivity contribution is 6.15. The van der Waals surface area contributed by atoms with Gasteiger partial charge >= 0.3 is 0 Å². The van der Waals surface area contributed by atoms with E-state index in [0.717, 1.165) is 37.7 Å². The molecule has 1 saturated carbocycles. The zero-order chi connectivity index (χ0) is 23.2. The van der Waals surface area contributed by atoms with E-state index in [1.165, 1.54) is 6.07 Å². The molecule has 1 aromatic carbocycles. The van der Waals surface area contributed by atoms with E-state index in [1.807, 2.05) is 18.3 Å². The van der Waals surface area contributed by atoms with Crippen LogP contribution in [-0.2, 0) is 5.44 Å². The molecule has 5 nitrogen and oxygen atoms in total. The SMILES string of the molecule is BC(C)(c1ccccn1)N1C[C@H]2C[C@H](Nc3ccc(-c4cc(F)cc(F)c4F)nn3)C[C@H]2C1. The van der Waals surface area contributed by atoms with Gasteiger partial charge in [0, 0.05) is 42.4 Å². The number of hydrogen-bond donors (Lipinski definition) is 1. The van der Waals surface area contributed by atoms with Crippen molar-refractivity contribution in [2.24, 2.45) is 11.8 Å². The summed E-state index contributed by atoms with van der Waals surface area (Å²) in [6.45, 7) is 4.29. The molecule has 1 N–H and O–H groups in total. The lowest BCUT2D eigenvalue weighted by Gasteiger charge is -2.36. The zero-order valence-corrected chi connectivity index (χ0v) is 18.6. The number of fused-ring (bicyclic) bond motifs is 1. The van der Waals surface area contributed by atoms with Crippen LogP contribution in [0.4, 0.5) is 19.0 Å². The summed E-state index contributed by atoms with van der Waals surface area (Å²) in [4.78, 5) is 7.10. The number of likely N-dealkylation sites (tertiary alicyclic amines) is 1. The molecule has 170 valence electrons. The van der Waals surface area contributed by atoms with Crippen molar-refractivity contribution in [3.05, 3.63) is 71.8 Å². The highest BCUT2D eigenvalue weighted by atomic mass is 19.2. The van der Waals surface area contributed by atoms with Crippen molar-refractivity contribution in [2.75, 3.05) is 18.4 Å². The van der Waals surface area contributed by atoms with E-state index in [4.69, 9.17) is 0 Å². The summed E-state index contributed by atoms with van der Waals surface area (Å²) >= 11 is 0. The van der Waals surface area contributed by atoms with E-state index in [1.54, 1.807) is 6.07 Å². The Morgan fingerprint density at radius 1 is 1.03 bits per heavy atom. The summed E-state index contributed by atoms with van der Waals surface area (Å²) < 4.78 is 41.0. The van der Waals surface area contributed by atoms with Crippen LogP contribution in [0.3, 0.4) is 0 Å².